The Morgan fingerprint density at radius 2 is 1.54 bits per heavy atom. The van der Waals surface area contributed by atoms with Gasteiger partial charge < -0.3 is 10.4 Å². The van der Waals surface area contributed by atoms with Crippen LogP contribution in [0.25, 0.3) is 0 Å². The number of nitrogens with one attached hydrogen (secondary N) is 1. The Hall–Kier alpha value is -1.65. The van der Waals surface area contributed by atoms with Crippen molar-refractivity contribution in [3.63, 3.8) is 0 Å². The molecule has 0 aromatic heterocycles. The highest BCUT2D eigenvalue weighted by Crippen LogP contribution is 2.31. The van der Waals surface area contributed by atoms with Gasteiger partial charge in [0, 0.05) is 17.8 Å². The van der Waals surface area contributed by atoms with Crippen molar-refractivity contribution in [1.29, 1.82) is 0 Å². The predicted molar refractivity (Wildman–Crippen MR) is 100 cm³/mol. The van der Waals surface area contributed by atoms with Crippen molar-refractivity contribution in [3.05, 3.63) is 24.3 Å². The zero-order valence-electron chi connectivity index (χ0n) is 16.5. The number of benzene rings is 1. The monoisotopic (exact) mass is 424 g/mol. The maximum absolute atomic E-state index is 13.0. The summed E-state index contributed by atoms with van der Waals surface area (Å²) < 4.78 is 65.6. The van der Waals surface area contributed by atoms with Crippen molar-refractivity contribution >= 4 is 21.6 Å². The lowest BCUT2D eigenvalue weighted by atomic mass is 10.1. The molecule has 0 bridgehead atoms. The molecule has 3 unspecified atom stereocenters. The fraction of sp³-hybridized carbons (Fsp3) is 0.611. The number of amides is 1. The Labute approximate surface area is 163 Å². The third-order valence-electron chi connectivity index (χ3n) is 4.73. The Morgan fingerprint density at radius 1 is 1.11 bits per heavy atom. The summed E-state index contributed by atoms with van der Waals surface area (Å²) in [4.78, 5) is 11.7. The van der Waals surface area contributed by atoms with Crippen LogP contribution >= 0.6 is 0 Å². The van der Waals surface area contributed by atoms with Gasteiger partial charge in [0.1, 0.15) is 0 Å². The molecule has 0 spiro atoms. The minimum absolute atomic E-state index is 0.0336. The summed E-state index contributed by atoms with van der Waals surface area (Å²) in [6.45, 7) is 7.70. The van der Waals surface area contributed by atoms with Gasteiger partial charge in [0.05, 0.1) is 4.90 Å². The SMILES string of the molecule is CCC(C)N(C(C)CC)S(=O)(=O)c1ccc(NC(=O)C(C)(O)C(F)(F)F)cc1. The highest BCUT2D eigenvalue weighted by atomic mass is 32.2. The first kappa shape index (κ1) is 24.4. The highest BCUT2D eigenvalue weighted by Gasteiger charge is 2.55. The van der Waals surface area contributed by atoms with Crippen LogP contribution in [0, 0.1) is 0 Å². The van der Waals surface area contributed by atoms with E-state index in [4.69, 9.17) is 0 Å². The number of carbonyl (C=O) groups is 1. The third-order valence-corrected chi connectivity index (χ3v) is 6.87. The largest absolute Gasteiger partial charge is 0.426 e. The fourth-order valence-electron chi connectivity index (χ4n) is 2.48. The minimum Gasteiger partial charge on any atom is -0.373 e. The Balaban J connectivity index is 3.13. The number of hydrogen-bond donors (Lipinski definition) is 2. The van der Waals surface area contributed by atoms with Gasteiger partial charge in [-0.25, -0.2) is 8.42 Å². The number of halogens is 3. The Kier molecular flexibility index (Phi) is 7.66. The topological polar surface area (TPSA) is 86.7 Å². The van der Waals surface area contributed by atoms with E-state index in [1.54, 1.807) is 13.8 Å². The molecule has 0 aliphatic carbocycles. The predicted octanol–water partition coefficient (Wildman–Crippen LogP) is 3.53. The van der Waals surface area contributed by atoms with E-state index in [0.717, 1.165) is 0 Å². The molecule has 10 heteroatoms. The van der Waals surface area contributed by atoms with Crippen molar-refractivity contribution in [2.75, 3.05) is 5.32 Å². The number of anilines is 1. The number of nitrogens with zero attached hydrogens (tertiary/aromatic N) is 1. The molecule has 160 valence electrons. The Morgan fingerprint density at radius 3 is 1.89 bits per heavy atom. The molecule has 1 aromatic carbocycles. The molecular formula is C18H27F3N2O4S. The van der Waals surface area contributed by atoms with Gasteiger partial charge in [-0.3, -0.25) is 4.79 Å². The average molecular weight is 424 g/mol. The van der Waals surface area contributed by atoms with Gasteiger partial charge in [0.2, 0.25) is 15.6 Å². The van der Waals surface area contributed by atoms with Gasteiger partial charge in [-0.15, -0.1) is 0 Å². The zero-order valence-corrected chi connectivity index (χ0v) is 17.4. The summed E-state index contributed by atoms with van der Waals surface area (Å²) in [5.74, 6) is -1.66. The first-order valence-corrected chi connectivity index (χ1v) is 10.4. The minimum atomic E-state index is -5.15. The molecule has 0 saturated carbocycles. The molecule has 2 N–H and O–H groups in total. The standard InChI is InChI=1S/C18H27F3N2O4S/c1-6-12(3)23(13(4)7-2)28(26,27)15-10-8-14(9-11-15)22-16(24)17(5,25)18(19,20)21/h8-13,25H,6-7H2,1-5H3,(H,22,24). The van der Waals surface area contributed by atoms with E-state index in [-0.39, 0.29) is 22.7 Å². The highest BCUT2D eigenvalue weighted by molar-refractivity contribution is 7.89. The molecule has 0 saturated heterocycles. The maximum atomic E-state index is 13.0. The molecule has 3 atom stereocenters. The maximum Gasteiger partial charge on any atom is 0.426 e. The molecule has 0 aliphatic heterocycles. The second kappa shape index (κ2) is 8.79. The van der Waals surface area contributed by atoms with Crippen LogP contribution in [0.3, 0.4) is 0 Å². The van der Waals surface area contributed by atoms with Gasteiger partial charge in [0.25, 0.3) is 5.91 Å². The first-order chi connectivity index (χ1) is 12.7. The molecule has 0 radical (unpaired) electrons. The summed E-state index contributed by atoms with van der Waals surface area (Å²) in [6.07, 6.45) is -3.91. The van der Waals surface area contributed by atoms with Gasteiger partial charge >= 0.3 is 6.18 Å². The fourth-order valence-corrected chi connectivity index (χ4v) is 4.45. The number of hydrogen-bond acceptors (Lipinski definition) is 4. The molecule has 0 fully saturated rings. The quantitative estimate of drug-likeness (QED) is 0.669. The number of carbonyl (C=O) groups excluding carboxylic acids is 1. The molecule has 6 nitrogen and oxygen atoms in total. The summed E-state index contributed by atoms with van der Waals surface area (Å²) in [5.41, 5.74) is -3.63. The summed E-state index contributed by atoms with van der Waals surface area (Å²) in [5, 5.41) is 11.3. The van der Waals surface area contributed by atoms with E-state index in [2.05, 4.69) is 0 Å². The van der Waals surface area contributed by atoms with Crippen LogP contribution in [0.2, 0.25) is 0 Å². The van der Waals surface area contributed by atoms with Crippen LogP contribution in [0.1, 0.15) is 47.5 Å². The van der Waals surface area contributed by atoms with E-state index < -0.39 is 27.7 Å². The summed E-state index contributed by atoms with van der Waals surface area (Å²) in [7, 11) is -3.83. The van der Waals surface area contributed by atoms with Crippen LogP contribution in [-0.4, -0.2) is 47.6 Å². The van der Waals surface area contributed by atoms with E-state index >= 15 is 0 Å². The van der Waals surface area contributed by atoms with E-state index in [1.807, 2.05) is 19.2 Å². The van der Waals surface area contributed by atoms with Gasteiger partial charge in [-0.05, 0) is 57.9 Å². The first-order valence-electron chi connectivity index (χ1n) is 8.94. The number of alkyl halides is 3. The molecule has 1 amide bonds. The summed E-state index contributed by atoms with van der Waals surface area (Å²) >= 11 is 0. The number of rotatable bonds is 8. The normalized spacial score (nSPS) is 17.1. The summed E-state index contributed by atoms with van der Waals surface area (Å²) in [6, 6.07) is 4.32. The lowest BCUT2D eigenvalue weighted by Gasteiger charge is -2.32. The molecule has 1 aromatic rings. The smallest absolute Gasteiger partial charge is 0.373 e. The second-order valence-corrected chi connectivity index (χ2v) is 8.74. The van der Waals surface area contributed by atoms with Crippen LogP contribution in [0.5, 0.6) is 0 Å². The van der Waals surface area contributed by atoms with Crippen LogP contribution in [-0.2, 0) is 14.8 Å². The van der Waals surface area contributed by atoms with Crippen LogP contribution in [0.15, 0.2) is 29.2 Å². The molecule has 0 aliphatic rings. The third kappa shape index (κ3) is 5.03. The van der Waals surface area contributed by atoms with Crippen LogP contribution < -0.4 is 5.32 Å². The number of sulfonamides is 1. The second-order valence-electron chi connectivity index (χ2n) is 6.90. The van der Waals surface area contributed by atoms with E-state index in [0.29, 0.717) is 19.8 Å². The molecule has 28 heavy (non-hydrogen) atoms. The van der Waals surface area contributed by atoms with Crippen molar-refractivity contribution in [1.82, 2.24) is 4.31 Å². The van der Waals surface area contributed by atoms with Crippen molar-refractivity contribution in [3.8, 4) is 0 Å². The van der Waals surface area contributed by atoms with Gasteiger partial charge in [-0.2, -0.15) is 17.5 Å². The van der Waals surface area contributed by atoms with Gasteiger partial charge in [0.15, 0.2) is 0 Å². The van der Waals surface area contributed by atoms with Crippen molar-refractivity contribution in [2.45, 2.75) is 76.2 Å². The lowest BCUT2D eigenvalue weighted by molar-refractivity contribution is -0.242. The number of aliphatic hydroxyl groups is 1. The zero-order chi connectivity index (χ0) is 21.9. The van der Waals surface area contributed by atoms with Gasteiger partial charge in [-0.1, -0.05) is 13.8 Å². The van der Waals surface area contributed by atoms with Crippen LogP contribution in [0.4, 0.5) is 18.9 Å². The van der Waals surface area contributed by atoms with E-state index in [9.17, 15) is 31.5 Å². The average Bonchev–Trinajstić information content (AvgIpc) is 2.60. The molecule has 0 heterocycles. The van der Waals surface area contributed by atoms with Crippen molar-refractivity contribution < 1.29 is 31.5 Å². The molecular weight excluding hydrogens is 397 g/mol. The Bertz CT molecular complexity index is 767. The lowest BCUT2D eigenvalue weighted by Crippen LogP contribution is -2.52. The van der Waals surface area contributed by atoms with Crippen molar-refractivity contribution in [2.24, 2.45) is 0 Å². The molecule has 1 rings (SSSR count). The van der Waals surface area contributed by atoms with E-state index in [1.165, 1.54) is 28.6 Å².